The van der Waals surface area contributed by atoms with E-state index in [4.69, 9.17) is 9.47 Å². The van der Waals surface area contributed by atoms with E-state index in [-0.39, 0.29) is 0 Å². The van der Waals surface area contributed by atoms with Gasteiger partial charge in [-0.05, 0) is 47.2 Å². The van der Waals surface area contributed by atoms with E-state index in [2.05, 4.69) is 58.5 Å². The number of hydrogen-bond acceptors (Lipinski definition) is 4. The van der Waals surface area contributed by atoms with Crippen LogP contribution in [-0.4, -0.2) is 9.97 Å². The van der Waals surface area contributed by atoms with Crippen LogP contribution in [0.1, 0.15) is 0 Å². The third-order valence-corrected chi connectivity index (χ3v) is 7.60. The van der Waals surface area contributed by atoms with Crippen molar-refractivity contribution in [3.63, 3.8) is 0 Å². The number of benzene rings is 5. The third-order valence-electron chi connectivity index (χ3n) is 7.60. The topological polar surface area (TPSA) is 44.2 Å². The van der Waals surface area contributed by atoms with Gasteiger partial charge < -0.3 is 9.47 Å². The fourth-order valence-electron chi connectivity index (χ4n) is 6.09. The molecule has 166 valence electrons. The predicted molar refractivity (Wildman–Crippen MR) is 143 cm³/mol. The smallest absolute Gasteiger partial charge is 0.143 e. The van der Waals surface area contributed by atoms with E-state index in [1.54, 1.807) is 0 Å². The van der Waals surface area contributed by atoms with Crippen molar-refractivity contribution in [2.24, 2.45) is 0 Å². The summed E-state index contributed by atoms with van der Waals surface area (Å²) < 4.78 is 13.3. The van der Waals surface area contributed by atoms with E-state index in [1.165, 1.54) is 21.9 Å². The molecule has 4 heteroatoms. The Morgan fingerprint density at radius 3 is 1.47 bits per heavy atom. The minimum absolute atomic E-state index is 0.851. The normalized spacial score (nSPS) is 12.9. The molecule has 0 aliphatic carbocycles. The molecule has 5 aromatic carbocycles. The van der Waals surface area contributed by atoms with Gasteiger partial charge in [0.05, 0.1) is 0 Å². The third kappa shape index (κ3) is 2.15. The Kier molecular flexibility index (Phi) is 3.25. The summed E-state index contributed by atoms with van der Waals surface area (Å²) in [7, 11) is 0. The summed E-state index contributed by atoms with van der Waals surface area (Å²) in [6.45, 7) is 0. The molecule has 0 spiro atoms. The summed E-state index contributed by atoms with van der Waals surface area (Å²) in [4.78, 5) is 8.61. The maximum Gasteiger partial charge on any atom is 0.143 e. The molecule has 0 radical (unpaired) electrons. The minimum Gasteiger partial charge on any atom is -0.455 e. The fraction of sp³-hybridized carbons (Fsp3) is 0. The van der Waals surface area contributed by atoms with Crippen LogP contribution < -0.4 is 9.47 Å². The molecule has 4 nitrogen and oxygen atoms in total. The number of hydrogen-bond donors (Lipinski definition) is 0. The number of aromatic nitrogens is 2. The van der Waals surface area contributed by atoms with Crippen molar-refractivity contribution in [1.82, 2.24) is 9.97 Å². The molecule has 0 saturated heterocycles. The van der Waals surface area contributed by atoms with Crippen LogP contribution >= 0.6 is 0 Å². The molecule has 0 fully saturated rings. The molecule has 2 aliphatic rings. The maximum absolute atomic E-state index is 6.66. The number of nitrogens with zero attached hydrogens (tertiary/aromatic N) is 2. The zero-order chi connectivity index (χ0) is 23.4. The second-order valence-corrected chi connectivity index (χ2v) is 9.39. The van der Waals surface area contributed by atoms with Crippen molar-refractivity contribution in [2.75, 3.05) is 0 Å². The van der Waals surface area contributed by atoms with Crippen LogP contribution in [0.2, 0.25) is 0 Å². The Morgan fingerprint density at radius 1 is 0.472 bits per heavy atom. The molecule has 0 amide bonds. The van der Waals surface area contributed by atoms with E-state index in [0.717, 1.165) is 66.4 Å². The summed E-state index contributed by atoms with van der Waals surface area (Å²) in [5.41, 5.74) is 4.57. The maximum atomic E-state index is 6.66. The average Bonchev–Trinajstić information content (AvgIpc) is 2.95. The molecular formula is C32H16N2O2. The second-order valence-electron chi connectivity index (χ2n) is 9.39. The largest absolute Gasteiger partial charge is 0.455 e. The van der Waals surface area contributed by atoms with Gasteiger partial charge in [0, 0.05) is 79.4 Å². The summed E-state index contributed by atoms with van der Waals surface area (Å²) in [6, 6.07) is 25.4. The van der Waals surface area contributed by atoms with Crippen molar-refractivity contribution >= 4 is 43.1 Å². The molecule has 2 aromatic heterocycles. The van der Waals surface area contributed by atoms with Crippen molar-refractivity contribution < 1.29 is 9.47 Å². The summed E-state index contributed by atoms with van der Waals surface area (Å²) >= 11 is 0. The fourth-order valence-corrected chi connectivity index (χ4v) is 6.09. The molecule has 9 rings (SSSR count). The Morgan fingerprint density at radius 2 is 0.972 bits per heavy atom. The second kappa shape index (κ2) is 6.37. The summed E-state index contributed by atoms with van der Waals surface area (Å²) in [5.74, 6) is 3.46. The van der Waals surface area contributed by atoms with E-state index < -0.39 is 0 Å². The van der Waals surface area contributed by atoms with Crippen LogP contribution in [0.3, 0.4) is 0 Å². The van der Waals surface area contributed by atoms with Gasteiger partial charge in [0.2, 0.25) is 0 Å². The van der Waals surface area contributed by atoms with E-state index in [1.807, 2.05) is 49.1 Å². The molecule has 4 heterocycles. The highest BCUT2D eigenvalue weighted by molar-refractivity contribution is 6.28. The number of rotatable bonds is 0. The molecule has 2 aliphatic heterocycles. The highest BCUT2D eigenvalue weighted by atomic mass is 16.5. The lowest BCUT2D eigenvalue weighted by Gasteiger charge is -2.30. The first-order valence-electron chi connectivity index (χ1n) is 12.0. The van der Waals surface area contributed by atoms with Gasteiger partial charge in [-0.3, -0.25) is 9.97 Å². The molecule has 36 heavy (non-hydrogen) atoms. The summed E-state index contributed by atoms with van der Waals surface area (Å²) in [5, 5.41) is 8.87. The highest BCUT2D eigenvalue weighted by Crippen LogP contribution is 2.59. The van der Waals surface area contributed by atoms with Crippen LogP contribution in [0.4, 0.5) is 0 Å². The van der Waals surface area contributed by atoms with Crippen molar-refractivity contribution in [3.8, 4) is 45.3 Å². The van der Waals surface area contributed by atoms with E-state index in [9.17, 15) is 0 Å². The van der Waals surface area contributed by atoms with Crippen molar-refractivity contribution in [1.29, 1.82) is 0 Å². The minimum atomic E-state index is 0.851. The molecule has 0 unspecified atom stereocenters. The first-order chi connectivity index (χ1) is 17.9. The lowest BCUT2D eigenvalue weighted by molar-refractivity contribution is 0.481. The van der Waals surface area contributed by atoms with Gasteiger partial charge in [-0.15, -0.1) is 0 Å². The van der Waals surface area contributed by atoms with Gasteiger partial charge in [0.25, 0.3) is 0 Å². The van der Waals surface area contributed by atoms with Gasteiger partial charge in [0.15, 0.2) is 0 Å². The first kappa shape index (κ1) is 18.4. The molecule has 0 atom stereocenters. The number of fused-ring (bicyclic) bond motifs is 11. The van der Waals surface area contributed by atoms with Crippen molar-refractivity contribution in [3.05, 3.63) is 97.6 Å². The van der Waals surface area contributed by atoms with Crippen LogP contribution in [-0.2, 0) is 0 Å². The molecule has 0 saturated carbocycles. The predicted octanol–water partition coefficient (Wildman–Crippen LogP) is 8.63. The Labute approximate surface area is 205 Å². The first-order valence-corrected chi connectivity index (χ1v) is 12.0. The van der Waals surface area contributed by atoms with Crippen molar-refractivity contribution in [2.45, 2.75) is 0 Å². The average molecular weight is 460 g/mol. The standard InChI is InChI=1S/C32H16N2O2/c1-2-4-22-21(3-1)27-23-7-5-17-15-33-13-11-19(17)31(23)35-25-9-10-26-30(29(25)27)28(22)24-8-6-18-16-34-14-12-20(18)32(24)36-26/h1-16H. The SMILES string of the molecule is c1ccc2c3c4c(ccc5c4c(c2c1)-c1ccc2cnccc2c1O5)Oc1c-3ccc2cnccc12. The number of pyridine rings is 2. The molecule has 0 N–H and O–H groups in total. The van der Waals surface area contributed by atoms with Crippen LogP contribution in [0.15, 0.2) is 97.6 Å². The van der Waals surface area contributed by atoms with Crippen LogP contribution in [0, 0.1) is 0 Å². The Hall–Kier alpha value is -4.96. The van der Waals surface area contributed by atoms with Gasteiger partial charge in [-0.1, -0.05) is 36.4 Å². The lowest BCUT2D eigenvalue weighted by Crippen LogP contribution is -2.04. The summed E-state index contributed by atoms with van der Waals surface area (Å²) in [6.07, 6.45) is 7.42. The van der Waals surface area contributed by atoms with E-state index in [0.29, 0.717) is 0 Å². The van der Waals surface area contributed by atoms with Gasteiger partial charge in [-0.2, -0.15) is 0 Å². The van der Waals surface area contributed by atoms with Gasteiger partial charge in [-0.25, -0.2) is 0 Å². The Balaban J connectivity index is 1.51. The van der Waals surface area contributed by atoms with Gasteiger partial charge >= 0.3 is 0 Å². The molecular weight excluding hydrogens is 444 g/mol. The molecule has 7 aromatic rings. The zero-order valence-corrected chi connectivity index (χ0v) is 18.9. The van der Waals surface area contributed by atoms with Gasteiger partial charge in [0.1, 0.15) is 23.0 Å². The lowest BCUT2D eigenvalue weighted by atomic mass is 9.82. The van der Waals surface area contributed by atoms with Crippen LogP contribution in [0.25, 0.3) is 65.3 Å². The van der Waals surface area contributed by atoms with E-state index >= 15 is 0 Å². The highest BCUT2D eigenvalue weighted by Gasteiger charge is 2.32. The quantitative estimate of drug-likeness (QED) is 0.212. The number of ether oxygens (including phenoxy) is 2. The zero-order valence-electron chi connectivity index (χ0n) is 18.9. The monoisotopic (exact) mass is 460 g/mol. The van der Waals surface area contributed by atoms with Crippen LogP contribution in [0.5, 0.6) is 23.0 Å². The Bertz CT molecular complexity index is 1960. The molecule has 0 bridgehead atoms.